The van der Waals surface area contributed by atoms with Crippen LogP contribution < -0.4 is 0 Å². The fraction of sp³-hybridized carbons (Fsp3) is 0.333. The van der Waals surface area contributed by atoms with Gasteiger partial charge in [-0.3, -0.25) is 0 Å². The largest absolute Gasteiger partial charge is 0.318 e. The molecule has 0 amide bonds. The molecule has 1 nitrogen and oxygen atoms in total. The molecule has 2 rings (SSSR count). The van der Waals surface area contributed by atoms with Crippen LogP contribution in [0.2, 0.25) is 0 Å². The van der Waals surface area contributed by atoms with E-state index in [1.54, 1.807) is 0 Å². The summed E-state index contributed by atoms with van der Waals surface area (Å²) in [5, 5.41) is 0. The van der Waals surface area contributed by atoms with Gasteiger partial charge in [0.15, 0.2) is 0 Å². The van der Waals surface area contributed by atoms with E-state index in [2.05, 4.69) is 63.5 Å². The summed E-state index contributed by atoms with van der Waals surface area (Å²) in [6.07, 6.45) is 0. The van der Waals surface area contributed by atoms with E-state index in [4.69, 9.17) is 0 Å². The Morgan fingerprint density at radius 3 is 1.62 bits per heavy atom. The Morgan fingerprint density at radius 2 is 1.19 bits per heavy atom. The topological polar surface area (TPSA) is 4.93 Å². The molecule has 1 aromatic carbocycles. The van der Waals surface area contributed by atoms with Crippen molar-refractivity contribution < 1.29 is 0 Å². The summed E-state index contributed by atoms with van der Waals surface area (Å²) in [4.78, 5) is 0. The van der Waals surface area contributed by atoms with Crippen molar-refractivity contribution in [2.75, 3.05) is 0 Å². The van der Waals surface area contributed by atoms with Crippen molar-refractivity contribution >= 4 is 0 Å². The predicted molar refractivity (Wildman–Crippen MR) is 69.5 cm³/mol. The SMILES string of the molecule is Cc1cc(C)c(-n2c(C)ccc2C)c(C)c1. The quantitative estimate of drug-likeness (QED) is 0.674. The van der Waals surface area contributed by atoms with Crippen molar-refractivity contribution in [1.29, 1.82) is 0 Å². The van der Waals surface area contributed by atoms with E-state index >= 15 is 0 Å². The third-order valence-corrected chi connectivity index (χ3v) is 3.13. The van der Waals surface area contributed by atoms with Crippen molar-refractivity contribution in [1.82, 2.24) is 4.57 Å². The first-order valence-electron chi connectivity index (χ1n) is 5.74. The van der Waals surface area contributed by atoms with Crippen molar-refractivity contribution in [3.63, 3.8) is 0 Å². The Labute approximate surface area is 97.7 Å². The minimum Gasteiger partial charge on any atom is -0.318 e. The van der Waals surface area contributed by atoms with Crippen LogP contribution in [-0.2, 0) is 0 Å². The molecule has 0 N–H and O–H groups in total. The van der Waals surface area contributed by atoms with Crippen LogP contribution in [0.5, 0.6) is 0 Å². The third-order valence-electron chi connectivity index (χ3n) is 3.13. The molecule has 0 unspecified atom stereocenters. The maximum absolute atomic E-state index is 2.34. The zero-order chi connectivity index (χ0) is 11.9. The van der Waals surface area contributed by atoms with Gasteiger partial charge < -0.3 is 4.57 Å². The molecule has 0 aliphatic rings. The standard InChI is InChI=1S/C15H19N/c1-10-8-11(2)15(12(3)9-10)16-13(4)6-7-14(16)5/h6-9H,1-5H3. The predicted octanol–water partition coefficient (Wildman–Crippen LogP) is 4.02. The third kappa shape index (κ3) is 1.67. The molecule has 1 heteroatoms. The summed E-state index contributed by atoms with van der Waals surface area (Å²) in [6.45, 7) is 10.8. The van der Waals surface area contributed by atoms with Crippen LogP contribution >= 0.6 is 0 Å². The van der Waals surface area contributed by atoms with Crippen molar-refractivity contribution in [3.8, 4) is 5.69 Å². The minimum atomic E-state index is 1.30. The van der Waals surface area contributed by atoms with Crippen LogP contribution in [0, 0.1) is 34.6 Å². The van der Waals surface area contributed by atoms with Crippen molar-refractivity contribution in [2.24, 2.45) is 0 Å². The molecule has 0 saturated heterocycles. The summed E-state index contributed by atoms with van der Waals surface area (Å²) < 4.78 is 2.34. The molecule has 2 aromatic rings. The van der Waals surface area contributed by atoms with E-state index in [0.717, 1.165) is 0 Å². The van der Waals surface area contributed by atoms with E-state index in [-0.39, 0.29) is 0 Å². The number of benzene rings is 1. The fourth-order valence-corrected chi connectivity index (χ4v) is 2.55. The normalized spacial score (nSPS) is 10.8. The van der Waals surface area contributed by atoms with Gasteiger partial charge in [-0.15, -0.1) is 0 Å². The molecule has 0 bridgehead atoms. The maximum Gasteiger partial charge on any atom is 0.0513 e. The van der Waals surface area contributed by atoms with E-state index < -0.39 is 0 Å². The zero-order valence-electron chi connectivity index (χ0n) is 10.8. The molecule has 0 atom stereocenters. The summed E-state index contributed by atoms with van der Waals surface area (Å²) in [7, 11) is 0. The molecule has 0 saturated carbocycles. The lowest BCUT2D eigenvalue weighted by molar-refractivity contribution is 0.942. The van der Waals surface area contributed by atoms with Gasteiger partial charge in [0, 0.05) is 11.4 Å². The summed E-state index contributed by atoms with van der Waals surface area (Å²) in [5.74, 6) is 0. The average Bonchev–Trinajstić information content (AvgIpc) is 2.47. The second kappa shape index (κ2) is 3.82. The molecular weight excluding hydrogens is 194 g/mol. The van der Waals surface area contributed by atoms with Crippen LogP contribution in [0.15, 0.2) is 24.3 Å². The lowest BCUT2D eigenvalue weighted by atomic mass is 10.0. The minimum absolute atomic E-state index is 1.30. The van der Waals surface area contributed by atoms with E-state index in [1.165, 1.54) is 33.8 Å². The van der Waals surface area contributed by atoms with Gasteiger partial charge in [0.2, 0.25) is 0 Å². The van der Waals surface area contributed by atoms with Crippen LogP contribution in [0.3, 0.4) is 0 Å². The molecule has 0 fully saturated rings. The highest BCUT2D eigenvalue weighted by Gasteiger charge is 2.09. The maximum atomic E-state index is 2.34. The smallest absolute Gasteiger partial charge is 0.0513 e. The van der Waals surface area contributed by atoms with Crippen molar-refractivity contribution in [2.45, 2.75) is 34.6 Å². The summed E-state index contributed by atoms with van der Waals surface area (Å²) >= 11 is 0. The molecule has 0 aliphatic carbocycles. The molecule has 16 heavy (non-hydrogen) atoms. The number of nitrogens with zero attached hydrogens (tertiary/aromatic N) is 1. The number of aryl methyl sites for hydroxylation is 5. The molecule has 84 valence electrons. The van der Waals surface area contributed by atoms with Gasteiger partial charge in [0.25, 0.3) is 0 Å². The number of hydrogen-bond donors (Lipinski definition) is 0. The molecule has 0 aliphatic heterocycles. The highest BCUT2D eigenvalue weighted by atomic mass is 15.0. The van der Waals surface area contributed by atoms with Crippen molar-refractivity contribution in [3.05, 3.63) is 52.3 Å². The summed E-state index contributed by atoms with van der Waals surface area (Å²) in [6, 6.07) is 8.85. The van der Waals surface area contributed by atoms with Crippen LogP contribution in [0.1, 0.15) is 28.1 Å². The number of hydrogen-bond acceptors (Lipinski definition) is 0. The first-order valence-corrected chi connectivity index (χ1v) is 5.74. The molecular formula is C15H19N. The zero-order valence-corrected chi connectivity index (χ0v) is 10.8. The summed E-state index contributed by atoms with van der Waals surface area (Å²) in [5.41, 5.74) is 7.96. The van der Waals surface area contributed by atoms with Gasteiger partial charge in [-0.25, -0.2) is 0 Å². The Hall–Kier alpha value is -1.50. The lowest BCUT2D eigenvalue weighted by Gasteiger charge is -2.16. The van der Waals surface area contributed by atoms with Gasteiger partial charge >= 0.3 is 0 Å². The first kappa shape index (κ1) is 11.0. The Bertz CT molecular complexity index is 490. The van der Waals surface area contributed by atoms with Crippen LogP contribution in [0.4, 0.5) is 0 Å². The van der Waals surface area contributed by atoms with Crippen LogP contribution in [-0.4, -0.2) is 4.57 Å². The first-order chi connectivity index (χ1) is 7.50. The second-order valence-electron chi connectivity index (χ2n) is 4.70. The van der Waals surface area contributed by atoms with E-state index in [1.807, 2.05) is 0 Å². The molecule has 0 radical (unpaired) electrons. The highest BCUT2D eigenvalue weighted by molar-refractivity contribution is 5.51. The highest BCUT2D eigenvalue weighted by Crippen LogP contribution is 2.24. The number of aromatic nitrogens is 1. The molecule has 1 aromatic heterocycles. The van der Waals surface area contributed by atoms with Gasteiger partial charge in [-0.05, 0) is 57.9 Å². The van der Waals surface area contributed by atoms with Gasteiger partial charge in [0.1, 0.15) is 0 Å². The average molecular weight is 213 g/mol. The Kier molecular flexibility index (Phi) is 2.63. The lowest BCUT2D eigenvalue weighted by Crippen LogP contribution is -2.04. The Morgan fingerprint density at radius 1 is 0.750 bits per heavy atom. The van der Waals surface area contributed by atoms with E-state index in [0.29, 0.717) is 0 Å². The van der Waals surface area contributed by atoms with Gasteiger partial charge in [-0.2, -0.15) is 0 Å². The van der Waals surface area contributed by atoms with Gasteiger partial charge in [0.05, 0.1) is 5.69 Å². The molecule has 0 spiro atoms. The van der Waals surface area contributed by atoms with E-state index in [9.17, 15) is 0 Å². The molecule has 1 heterocycles. The van der Waals surface area contributed by atoms with Gasteiger partial charge in [-0.1, -0.05) is 17.7 Å². The van der Waals surface area contributed by atoms with Crippen LogP contribution in [0.25, 0.3) is 5.69 Å². The Balaban J connectivity index is 2.74. The monoisotopic (exact) mass is 213 g/mol. The fourth-order valence-electron chi connectivity index (χ4n) is 2.55. The number of rotatable bonds is 1. The second-order valence-corrected chi connectivity index (χ2v) is 4.70.